The van der Waals surface area contributed by atoms with E-state index >= 15 is 0 Å². The lowest BCUT2D eigenvalue weighted by Gasteiger charge is -2.28. The van der Waals surface area contributed by atoms with Gasteiger partial charge in [-0.1, -0.05) is 29.8 Å². The quantitative estimate of drug-likeness (QED) is 0.411. The Morgan fingerprint density at radius 1 is 1.14 bits per heavy atom. The molecule has 37 heavy (non-hydrogen) atoms. The van der Waals surface area contributed by atoms with Crippen LogP contribution in [0.25, 0.3) is 0 Å². The second-order valence-electron chi connectivity index (χ2n) is 10.0. The van der Waals surface area contributed by atoms with Gasteiger partial charge in [-0.25, -0.2) is 4.79 Å². The lowest BCUT2D eigenvalue weighted by atomic mass is 10.1. The fraction of sp³-hybridized carbons (Fsp3) is 0.462. The molecule has 0 radical (unpaired) electrons. The Morgan fingerprint density at radius 3 is 2.43 bits per heavy atom. The normalized spacial score (nSPS) is 13.9. The molecule has 0 bridgehead atoms. The zero-order valence-corrected chi connectivity index (χ0v) is 22.9. The zero-order valence-electron chi connectivity index (χ0n) is 21.4. The molecule has 0 aliphatic carbocycles. The largest absolute Gasteiger partial charge is 0.444 e. The van der Waals surface area contributed by atoms with Crippen LogP contribution < -0.4 is 10.2 Å². The third-order valence-electron chi connectivity index (χ3n) is 5.78. The first-order chi connectivity index (χ1) is 17.3. The van der Waals surface area contributed by atoms with Crippen molar-refractivity contribution in [1.82, 2.24) is 4.90 Å². The number of rotatable bonds is 9. The van der Waals surface area contributed by atoms with Crippen LogP contribution in [0, 0.1) is 0 Å². The molecule has 2 N–H and O–H groups in total. The number of carbonyl (C=O) groups is 2. The van der Waals surface area contributed by atoms with E-state index in [1.54, 1.807) is 57.2 Å². The SMILES string of the molecule is CC(C)(C)OC(=O)N(CCCS(=O)(=O)O)Cc1ccccc1NC(=O)c1ccc(N2CCCC2)cc1Cl. The number of nitrogens with zero attached hydrogens (tertiary/aromatic N) is 2. The second kappa shape index (κ2) is 12.1. The molecular weight excluding hydrogens is 518 g/mol. The van der Waals surface area contributed by atoms with Gasteiger partial charge in [0.2, 0.25) is 0 Å². The highest BCUT2D eigenvalue weighted by Gasteiger charge is 2.24. The number of hydrogen-bond acceptors (Lipinski definition) is 6. The third-order valence-corrected chi connectivity index (χ3v) is 6.89. The lowest BCUT2D eigenvalue weighted by Crippen LogP contribution is -2.37. The van der Waals surface area contributed by atoms with Crippen molar-refractivity contribution in [3.05, 3.63) is 58.6 Å². The first-order valence-corrected chi connectivity index (χ1v) is 14.2. The van der Waals surface area contributed by atoms with E-state index in [0.29, 0.717) is 21.8 Å². The predicted octanol–water partition coefficient (Wildman–Crippen LogP) is 5.21. The number of hydrogen-bond donors (Lipinski definition) is 2. The average Bonchev–Trinajstić information content (AvgIpc) is 3.32. The highest BCUT2D eigenvalue weighted by molar-refractivity contribution is 7.85. The molecule has 1 heterocycles. The van der Waals surface area contributed by atoms with E-state index in [4.69, 9.17) is 20.9 Å². The number of benzene rings is 2. The smallest absolute Gasteiger partial charge is 0.410 e. The lowest BCUT2D eigenvalue weighted by molar-refractivity contribution is 0.0234. The molecule has 2 aromatic carbocycles. The second-order valence-corrected chi connectivity index (χ2v) is 12.0. The molecule has 0 aromatic heterocycles. The first kappa shape index (κ1) is 28.7. The van der Waals surface area contributed by atoms with E-state index in [1.807, 2.05) is 6.07 Å². The van der Waals surface area contributed by atoms with Crippen LogP contribution in [0.4, 0.5) is 16.2 Å². The maximum Gasteiger partial charge on any atom is 0.410 e. The fourth-order valence-electron chi connectivity index (χ4n) is 4.03. The molecule has 11 heteroatoms. The molecule has 2 aromatic rings. The van der Waals surface area contributed by atoms with Gasteiger partial charge in [0, 0.05) is 31.0 Å². The molecule has 1 fully saturated rings. The van der Waals surface area contributed by atoms with Crippen LogP contribution in [0.5, 0.6) is 0 Å². The minimum Gasteiger partial charge on any atom is -0.444 e. The third kappa shape index (κ3) is 8.91. The Kier molecular flexibility index (Phi) is 9.44. The summed E-state index contributed by atoms with van der Waals surface area (Å²) in [6.45, 7) is 7.21. The molecule has 9 nitrogen and oxygen atoms in total. The van der Waals surface area contributed by atoms with E-state index in [9.17, 15) is 18.0 Å². The van der Waals surface area contributed by atoms with Crippen LogP contribution in [-0.4, -0.2) is 60.9 Å². The van der Waals surface area contributed by atoms with Crippen LogP contribution in [0.2, 0.25) is 5.02 Å². The van der Waals surface area contributed by atoms with Gasteiger partial charge in [-0.2, -0.15) is 8.42 Å². The summed E-state index contributed by atoms with van der Waals surface area (Å²) < 4.78 is 36.9. The molecule has 3 rings (SSSR count). The number of anilines is 2. The highest BCUT2D eigenvalue weighted by Crippen LogP contribution is 2.28. The van der Waals surface area contributed by atoms with Gasteiger partial charge in [0.1, 0.15) is 5.60 Å². The van der Waals surface area contributed by atoms with Crippen LogP contribution in [0.1, 0.15) is 56.0 Å². The van der Waals surface area contributed by atoms with Gasteiger partial charge in [-0.15, -0.1) is 0 Å². The Bertz CT molecular complexity index is 1220. The van der Waals surface area contributed by atoms with E-state index < -0.39 is 27.6 Å². The van der Waals surface area contributed by atoms with E-state index in [0.717, 1.165) is 31.6 Å². The first-order valence-electron chi connectivity index (χ1n) is 12.2. The maximum atomic E-state index is 13.1. The minimum atomic E-state index is -4.17. The van der Waals surface area contributed by atoms with Crippen LogP contribution in [0.3, 0.4) is 0 Å². The molecular formula is C26H34ClN3O6S. The number of nitrogens with one attached hydrogen (secondary N) is 1. The maximum absolute atomic E-state index is 13.1. The number of halogens is 1. The van der Waals surface area contributed by atoms with E-state index in [-0.39, 0.29) is 25.4 Å². The molecule has 2 amide bonds. The van der Waals surface area contributed by atoms with Crippen molar-refractivity contribution in [2.75, 3.05) is 35.6 Å². The van der Waals surface area contributed by atoms with Crippen molar-refractivity contribution < 1.29 is 27.3 Å². The summed E-state index contributed by atoms with van der Waals surface area (Å²) >= 11 is 6.46. The summed E-state index contributed by atoms with van der Waals surface area (Å²) in [5.41, 5.74) is 1.66. The van der Waals surface area contributed by atoms with E-state index in [1.165, 1.54) is 4.90 Å². The summed E-state index contributed by atoms with van der Waals surface area (Å²) in [4.78, 5) is 29.5. The molecule has 0 spiro atoms. The van der Waals surface area contributed by atoms with Crippen molar-refractivity contribution in [1.29, 1.82) is 0 Å². The van der Waals surface area contributed by atoms with Crippen molar-refractivity contribution >= 4 is 45.1 Å². The van der Waals surface area contributed by atoms with Gasteiger partial charge >= 0.3 is 6.09 Å². The van der Waals surface area contributed by atoms with Crippen LogP contribution in [0.15, 0.2) is 42.5 Å². The zero-order chi connectivity index (χ0) is 27.2. The number of para-hydroxylation sites is 1. The van der Waals surface area contributed by atoms with Crippen LogP contribution >= 0.6 is 11.6 Å². The summed E-state index contributed by atoms with van der Waals surface area (Å²) in [7, 11) is -4.17. The van der Waals surface area contributed by atoms with Gasteiger partial charge in [0.25, 0.3) is 16.0 Å². The van der Waals surface area contributed by atoms with Gasteiger partial charge < -0.3 is 19.9 Å². The van der Waals surface area contributed by atoms with Gasteiger partial charge in [-0.3, -0.25) is 9.35 Å². The monoisotopic (exact) mass is 551 g/mol. The summed E-state index contributed by atoms with van der Waals surface area (Å²) in [6.07, 6.45) is 1.65. The molecule has 0 saturated carbocycles. The summed E-state index contributed by atoms with van der Waals surface area (Å²) in [5, 5.41) is 3.23. The Hall–Kier alpha value is -2.82. The topological polar surface area (TPSA) is 116 Å². The molecule has 1 aliphatic rings. The van der Waals surface area contributed by atoms with Crippen molar-refractivity contribution in [3.63, 3.8) is 0 Å². The fourth-order valence-corrected chi connectivity index (χ4v) is 4.79. The molecule has 0 unspecified atom stereocenters. The van der Waals surface area contributed by atoms with Gasteiger partial charge in [0.05, 0.1) is 22.9 Å². The minimum absolute atomic E-state index is 0.0194. The molecule has 202 valence electrons. The number of ether oxygens (including phenoxy) is 1. The van der Waals surface area contributed by atoms with Gasteiger partial charge in [0.15, 0.2) is 0 Å². The Balaban J connectivity index is 1.77. The highest BCUT2D eigenvalue weighted by atomic mass is 35.5. The van der Waals surface area contributed by atoms with Crippen molar-refractivity contribution in [2.24, 2.45) is 0 Å². The van der Waals surface area contributed by atoms with Crippen LogP contribution in [-0.2, 0) is 21.4 Å². The summed E-state index contributed by atoms with van der Waals surface area (Å²) in [6, 6.07) is 12.4. The number of carbonyl (C=O) groups excluding carboxylic acids is 2. The van der Waals surface area contributed by atoms with E-state index in [2.05, 4.69) is 10.2 Å². The Morgan fingerprint density at radius 2 is 1.81 bits per heavy atom. The van der Waals surface area contributed by atoms with Crippen molar-refractivity contribution in [2.45, 2.75) is 52.2 Å². The summed E-state index contributed by atoms with van der Waals surface area (Å²) in [5.74, 6) is -0.878. The Labute approximate surface area is 223 Å². The van der Waals surface area contributed by atoms with Gasteiger partial charge in [-0.05, 0) is 69.9 Å². The molecule has 1 saturated heterocycles. The molecule has 0 atom stereocenters. The standard InChI is InChI=1S/C26H34ClN3O6S/c1-26(2,3)36-25(32)30(15-8-16-37(33,34)35)18-19-9-4-5-10-23(19)28-24(31)21-12-11-20(17-22(21)27)29-13-6-7-14-29/h4-5,9-12,17H,6-8,13-16,18H2,1-3H3,(H,28,31)(H,33,34,35). The average molecular weight is 552 g/mol. The number of amides is 2. The predicted molar refractivity (Wildman–Crippen MR) is 145 cm³/mol. The molecule has 1 aliphatic heterocycles. The van der Waals surface area contributed by atoms with Crippen molar-refractivity contribution in [3.8, 4) is 0 Å².